The summed E-state index contributed by atoms with van der Waals surface area (Å²) in [6.45, 7) is 1.46. The highest BCUT2D eigenvalue weighted by molar-refractivity contribution is 5.93. The Bertz CT molecular complexity index is 1020. The summed E-state index contributed by atoms with van der Waals surface area (Å²) in [5, 5.41) is 8.06. The Hall–Kier alpha value is -3.68. The van der Waals surface area contributed by atoms with E-state index < -0.39 is 0 Å². The highest BCUT2D eigenvalue weighted by Gasteiger charge is 2.16. The van der Waals surface area contributed by atoms with Crippen LogP contribution in [0, 0.1) is 0 Å². The third kappa shape index (κ3) is 4.53. The van der Waals surface area contributed by atoms with Crippen LogP contribution < -0.4 is 16.0 Å². The summed E-state index contributed by atoms with van der Waals surface area (Å²) in [4.78, 5) is 39.9. The van der Waals surface area contributed by atoms with E-state index in [9.17, 15) is 14.4 Å². The number of fused-ring (bicyclic) bond motifs is 1. The van der Waals surface area contributed by atoms with Gasteiger partial charge in [0, 0.05) is 25.3 Å². The van der Waals surface area contributed by atoms with Gasteiger partial charge in [-0.2, -0.15) is 0 Å². The molecule has 0 atom stereocenters. The molecule has 3 aromatic rings. The molecule has 0 fully saturated rings. The first-order chi connectivity index (χ1) is 13.5. The van der Waals surface area contributed by atoms with E-state index in [1.165, 1.54) is 6.92 Å². The molecular weight excluding hydrogens is 358 g/mol. The van der Waals surface area contributed by atoms with E-state index in [4.69, 9.17) is 0 Å². The fourth-order valence-electron chi connectivity index (χ4n) is 2.85. The molecule has 3 N–H and O–H groups in total. The van der Waals surface area contributed by atoms with Crippen molar-refractivity contribution in [3.63, 3.8) is 0 Å². The number of imidazole rings is 1. The summed E-state index contributed by atoms with van der Waals surface area (Å²) < 4.78 is 1.74. The molecule has 0 aliphatic heterocycles. The number of benzene rings is 2. The number of carbonyl (C=O) groups excluding carboxylic acids is 3. The molecule has 0 aliphatic carbocycles. The standard InChI is InChI=1S/C20H21N5O3/c1-13(26)22-14-7-9-15(10-8-14)23-20(28)12-25-17-6-4-3-5-16(17)24-18(25)11-19(27)21-2/h3-10H,11-12H2,1-2H3,(H,21,27)(H,22,26)(H,23,28). The van der Waals surface area contributed by atoms with Gasteiger partial charge in [0.1, 0.15) is 12.4 Å². The van der Waals surface area contributed by atoms with Crippen LogP contribution in [0.25, 0.3) is 11.0 Å². The monoisotopic (exact) mass is 379 g/mol. The van der Waals surface area contributed by atoms with Gasteiger partial charge in [0.25, 0.3) is 0 Å². The minimum Gasteiger partial charge on any atom is -0.359 e. The summed E-state index contributed by atoms with van der Waals surface area (Å²) in [7, 11) is 1.56. The number of likely N-dealkylation sites (N-methyl/N-ethyl adjacent to an activating group) is 1. The Labute approximate surface area is 161 Å². The Morgan fingerprint density at radius 3 is 2.21 bits per heavy atom. The second-order valence-corrected chi connectivity index (χ2v) is 6.26. The Kier molecular flexibility index (Phi) is 5.69. The maximum atomic E-state index is 12.6. The van der Waals surface area contributed by atoms with Crippen LogP contribution in [0.2, 0.25) is 0 Å². The van der Waals surface area contributed by atoms with Crippen LogP contribution in [0.3, 0.4) is 0 Å². The lowest BCUT2D eigenvalue weighted by atomic mass is 10.2. The second kappa shape index (κ2) is 8.34. The molecule has 0 spiro atoms. The van der Waals surface area contributed by atoms with Crippen molar-refractivity contribution >= 4 is 40.1 Å². The van der Waals surface area contributed by atoms with Crippen molar-refractivity contribution in [3.05, 3.63) is 54.4 Å². The summed E-state index contributed by atoms with van der Waals surface area (Å²) in [5.41, 5.74) is 2.78. The molecule has 8 heteroatoms. The number of hydrogen-bond acceptors (Lipinski definition) is 4. The zero-order valence-corrected chi connectivity index (χ0v) is 15.7. The number of carbonyl (C=O) groups is 3. The van der Waals surface area contributed by atoms with Crippen LogP contribution in [0.5, 0.6) is 0 Å². The average Bonchev–Trinajstić information content (AvgIpc) is 3.00. The van der Waals surface area contributed by atoms with Gasteiger partial charge in [-0.25, -0.2) is 4.98 Å². The average molecular weight is 379 g/mol. The number of anilines is 2. The lowest BCUT2D eigenvalue weighted by Crippen LogP contribution is -2.24. The van der Waals surface area contributed by atoms with Gasteiger partial charge in [0.2, 0.25) is 17.7 Å². The number of aromatic nitrogens is 2. The topological polar surface area (TPSA) is 105 Å². The van der Waals surface area contributed by atoms with Crippen LogP contribution in [-0.4, -0.2) is 34.3 Å². The molecular formula is C20H21N5O3. The SMILES string of the molecule is CNC(=O)Cc1nc2ccccc2n1CC(=O)Nc1ccc(NC(C)=O)cc1. The van der Waals surface area contributed by atoms with Crippen molar-refractivity contribution < 1.29 is 14.4 Å². The zero-order chi connectivity index (χ0) is 20.1. The van der Waals surface area contributed by atoms with E-state index >= 15 is 0 Å². The third-order valence-corrected chi connectivity index (χ3v) is 4.12. The van der Waals surface area contributed by atoms with Gasteiger partial charge in [0.15, 0.2) is 0 Å². The van der Waals surface area contributed by atoms with Crippen LogP contribution in [0.4, 0.5) is 11.4 Å². The smallest absolute Gasteiger partial charge is 0.244 e. The third-order valence-electron chi connectivity index (χ3n) is 4.12. The molecule has 0 aliphatic rings. The highest BCUT2D eigenvalue weighted by Crippen LogP contribution is 2.18. The van der Waals surface area contributed by atoms with Gasteiger partial charge in [-0.05, 0) is 36.4 Å². The van der Waals surface area contributed by atoms with Gasteiger partial charge >= 0.3 is 0 Å². The molecule has 8 nitrogen and oxygen atoms in total. The molecule has 28 heavy (non-hydrogen) atoms. The number of amides is 3. The first-order valence-electron chi connectivity index (χ1n) is 8.78. The van der Waals surface area contributed by atoms with Gasteiger partial charge in [0.05, 0.1) is 17.5 Å². The fourth-order valence-corrected chi connectivity index (χ4v) is 2.85. The largest absolute Gasteiger partial charge is 0.359 e. The molecule has 3 rings (SSSR count). The number of para-hydroxylation sites is 2. The molecule has 2 aromatic carbocycles. The maximum absolute atomic E-state index is 12.6. The predicted octanol–water partition coefficient (Wildman–Crippen LogP) is 1.92. The normalized spacial score (nSPS) is 10.5. The van der Waals surface area contributed by atoms with E-state index in [2.05, 4.69) is 20.9 Å². The minimum atomic E-state index is -0.242. The highest BCUT2D eigenvalue weighted by atomic mass is 16.2. The molecule has 3 amide bonds. The van der Waals surface area contributed by atoms with E-state index in [-0.39, 0.29) is 30.7 Å². The van der Waals surface area contributed by atoms with Gasteiger partial charge < -0.3 is 20.5 Å². The Morgan fingerprint density at radius 2 is 1.57 bits per heavy atom. The van der Waals surface area contributed by atoms with Crippen molar-refractivity contribution in [1.82, 2.24) is 14.9 Å². The summed E-state index contributed by atoms with van der Waals surface area (Å²) in [5.74, 6) is -0.0526. The van der Waals surface area contributed by atoms with Gasteiger partial charge in [-0.1, -0.05) is 12.1 Å². The van der Waals surface area contributed by atoms with E-state index in [0.717, 1.165) is 11.0 Å². The molecule has 1 heterocycles. The minimum absolute atomic E-state index is 0.0281. The lowest BCUT2D eigenvalue weighted by Gasteiger charge is -2.10. The lowest BCUT2D eigenvalue weighted by molar-refractivity contribution is -0.120. The summed E-state index contributed by atoms with van der Waals surface area (Å²) in [6, 6.07) is 14.3. The van der Waals surface area contributed by atoms with Crippen molar-refractivity contribution in [2.45, 2.75) is 19.9 Å². The number of rotatable bonds is 6. The maximum Gasteiger partial charge on any atom is 0.244 e. The van der Waals surface area contributed by atoms with Gasteiger partial charge in [-0.3, -0.25) is 14.4 Å². The molecule has 0 saturated heterocycles. The second-order valence-electron chi connectivity index (χ2n) is 6.26. The Balaban J connectivity index is 1.77. The molecule has 0 saturated carbocycles. The van der Waals surface area contributed by atoms with Gasteiger partial charge in [-0.15, -0.1) is 0 Å². The van der Waals surface area contributed by atoms with Crippen LogP contribution in [0.1, 0.15) is 12.7 Å². The first kappa shape index (κ1) is 19.1. The molecule has 0 radical (unpaired) electrons. The van der Waals surface area contributed by atoms with E-state index in [1.807, 2.05) is 24.3 Å². The van der Waals surface area contributed by atoms with E-state index in [1.54, 1.807) is 35.9 Å². The van der Waals surface area contributed by atoms with Crippen LogP contribution >= 0.6 is 0 Å². The van der Waals surface area contributed by atoms with Crippen LogP contribution in [0.15, 0.2) is 48.5 Å². The van der Waals surface area contributed by atoms with E-state index in [0.29, 0.717) is 17.2 Å². The first-order valence-corrected chi connectivity index (χ1v) is 8.78. The fraction of sp³-hybridized carbons (Fsp3) is 0.200. The van der Waals surface area contributed by atoms with Crippen LogP contribution in [-0.2, 0) is 27.3 Å². The summed E-state index contributed by atoms with van der Waals surface area (Å²) >= 11 is 0. The number of nitrogens with zero attached hydrogens (tertiary/aromatic N) is 2. The quantitative estimate of drug-likeness (QED) is 0.608. The number of nitrogens with one attached hydrogen (secondary N) is 3. The number of hydrogen-bond donors (Lipinski definition) is 3. The van der Waals surface area contributed by atoms with Crippen molar-refractivity contribution in [1.29, 1.82) is 0 Å². The molecule has 0 unspecified atom stereocenters. The Morgan fingerprint density at radius 1 is 0.929 bits per heavy atom. The molecule has 0 bridgehead atoms. The van der Waals surface area contributed by atoms with Crippen molar-refractivity contribution in [3.8, 4) is 0 Å². The molecule has 1 aromatic heterocycles. The summed E-state index contributed by atoms with van der Waals surface area (Å²) in [6.07, 6.45) is 0.0872. The zero-order valence-electron chi connectivity index (χ0n) is 15.7. The molecule has 144 valence electrons. The predicted molar refractivity (Wildman–Crippen MR) is 107 cm³/mol. The van der Waals surface area contributed by atoms with Crippen molar-refractivity contribution in [2.24, 2.45) is 0 Å². The van der Waals surface area contributed by atoms with Crippen molar-refractivity contribution in [2.75, 3.05) is 17.7 Å².